The Morgan fingerprint density at radius 2 is 2.00 bits per heavy atom. The molecule has 0 spiro atoms. The summed E-state index contributed by atoms with van der Waals surface area (Å²) in [7, 11) is 0. The Labute approximate surface area is 143 Å². The lowest BCUT2D eigenvalue weighted by atomic mass is 9.80. The Balaban J connectivity index is 1.74. The largest absolute Gasteiger partial charge is 0.351 e. The summed E-state index contributed by atoms with van der Waals surface area (Å²) in [5.41, 5.74) is 2.32. The van der Waals surface area contributed by atoms with E-state index in [2.05, 4.69) is 44.7 Å². The summed E-state index contributed by atoms with van der Waals surface area (Å²) >= 11 is 3.96. The first-order chi connectivity index (χ1) is 10.2. The zero-order valence-electron chi connectivity index (χ0n) is 11.8. The quantitative estimate of drug-likeness (QED) is 0.733. The second-order valence-corrected chi connectivity index (χ2v) is 7.60. The molecule has 1 aliphatic rings. The molecule has 1 aromatic heterocycles. The standard InChI is InChI=1S/C17H18INOS/c18-15-6-2-1-5-14(15)16(20)19-12-17(8-3-4-9-17)13-7-10-21-11-13/h1-2,5-7,10-11H,3-4,8-9,12H2,(H,19,20). The molecule has 1 fully saturated rings. The molecule has 110 valence electrons. The monoisotopic (exact) mass is 411 g/mol. The molecule has 3 rings (SSSR count). The van der Waals surface area contributed by atoms with Crippen LogP contribution in [-0.4, -0.2) is 12.5 Å². The summed E-state index contributed by atoms with van der Waals surface area (Å²) in [6, 6.07) is 9.96. The van der Waals surface area contributed by atoms with E-state index in [9.17, 15) is 4.79 Å². The van der Waals surface area contributed by atoms with Gasteiger partial charge in [-0.2, -0.15) is 11.3 Å². The predicted molar refractivity (Wildman–Crippen MR) is 96.0 cm³/mol. The third-order valence-electron chi connectivity index (χ3n) is 4.40. The number of nitrogens with one attached hydrogen (secondary N) is 1. The normalized spacial score (nSPS) is 16.8. The van der Waals surface area contributed by atoms with E-state index in [-0.39, 0.29) is 11.3 Å². The Kier molecular flexibility index (Phi) is 4.64. The van der Waals surface area contributed by atoms with Crippen LogP contribution in [-0.2, 0) is 5.41 Å². The number of thiophene rings is 1. The molecule has 1 aliphatic carbocycles. The van der Waals surface area contributed by atoms with Crippen molar-refractivity contribution < 1.29 is 4.79 Å². The molecule has 1 amide bonds. The Bertz CT molecular complexity index is 617. The van der Waals surface area contributed by atoms with Gasteiger partial charge in [0.25, 0.3) is 5.91 Å². The molecule has 2 nitrogen and oxygen atoms in total. The van der Waals surface area contributed by atoms with Gasteiger partial charge in [0, 0.05) is 15.5 Å². The third-order valence-corrected chi connectivity index (χ3v) is 6.02. The van der Waals surface area contributed by atoms with E-state index in [0.717, 1.165) is 15.7 Å². The zero-order valence-corrected chi connectivity index (χ0v) is 14.7. The topological polar surface area (TPSA) is 29.1 Å². The first-order valence-corrected chi connectivity index (χ1v) is 9.29. The summed E-state index contributed by atoms with van der Waals surface area (Å²) in [5, 5.41) is 7.55. The number of carbonyl (C=O) groups is 1. The number of hydrogen-bond donors (Lipinski definition) is 1. The SMILES string of the molecule is O=C(NCC1(c2ccsc2)CCCC1)c1ccccc1I. The molecule has 0 radical (unpaired) electrons. The van der Waals surface area contributed by atoms with E-state index < -0.39 is 0 Å². The highest BCUT2D eigenvalue weighted by Gasteiger charge is 2.36. The number of benzene rings is 1. The fourth-order valence-electron chi connectivity index (χ4n) is 3.18. The van der Waals surface area contributed by atoms with Crippen molar-refractivity contribution in [2.45, 2.75) is 31.1 Å². The molecular formula is C17H18INOS. The van der Waals surface area contributed by atoms with Crippen molar-refractivity contribution in [1.29, 1.82) is 0 Å². The molecule has 0 atom stereocenters. The summed E-state index contributed by atoms with van der Waals surface area (Å²) in [6.45, 7) is 0.744. The lowest BCUT2D eigenvalue weighted by molar-refractivity contribution is 0.0942. The molecule has 1 heterocycles. The number of carbonyl (C=O) groups excluding carboxylic acids is 1. The van der Waals surface area contributed by atoms with Gasteiger partial charge < -0.3 is 5.32 Å². The number of rotatable bonds is 4. The van der Waals surface area contributed by atoms with Crippen molar-refractivity contribution >= 4 is 39.8 Å². The maximum atomic E-state index is 12.4. The number of halogens is 1. The minimum Gasteiger partial charge on any atom is -0.351 e. The van der Waals surface area contributed by atoms with Crippen molar-refractivity contribution in [2.24, 2.45) is 0 Å². The van der Waals surface area contributed by atoms with E-state index in [1.54, 1.807) is 11.3 Å². The molecule has 21 heavy (non-hydrogen) atoms. The molecule has 1 N–H and O–H groups in total. The van der Waals surface area contributed by atoms with Gasteiger partial charge in [-0.15, -0.1) is 0 Å². The van der Waals surface area contributed by atoms with E-state index in [4.69, 9.17) is 0 Å². The van der Waals surface area contributed by atoms with E-state index in [1.165, 1.54) is 31.2 Å². The Hall–Kier alpha value is -0.880. The predicted octanol–water partition coefficient (Wildman–Crippen LogP) is 4.59. The fraction of sp³-hybridized carbons (Fsp3) is 0.353. The molecule has 2 aromatic rings. The highest BCUT2D eigenvalue weighted by molar-refractivity contribution is 14.1. The van der Waals surface area contributed by atoms with Crippen LogP contribution in [0.25, 0.3) is 0 Å². The second kappa shape index (κ2) is 6.48. The van der Waals surface area contributed by atoms with Gasteiger partial charge in [0.1, 0.15) is 0 Å². The van der Waals surface area contributed by atoms with Gasteiger partial charge in [0.15, 0.2) is 0 Å². The number of amides is 1. The molecule has 0 unspecified atom stereocenters. The molecule has 4 heteroatoms. The Morgan fingerprint density at radius 1 is 1.24 bits per heavy atom. The van der Waals surface area contributed by atoms with Crippen molar-refractivity contribution in [1.82, 2.24) is 5.32 Å². The summed E-state index contributed by atoms with van der Waals surface area (Å²) < 4.78 is 1.00. The lowest BCUT2D eigenvalue weighted by Crippen LogP contribution is -2.39. The summed E-state index contributed by atoms with van der Waals surface area (Å²) in [4.78, 5) is 12.4. The average molecular weight is 411 g/mol. The van der Waals surface area contributed by atoms with Crippen molar-refractivity contribution in [3.8, 4) is 0 Å². The average Bonchev–Trinajstić information content (AvgIpc) is 3.17. The third kappa shape index (κ3) is 3.16. The van der Waals surface area contributed by atoms with Gasteiger partial charge in [0.05, 0.1) is 5.56 Å². The van der Waals surface area contributed by atoms with Crippen LogP contribution in [0.3, 0.4) is 0 Å². The van der Waals surface area contributed by atoms with E-state index in [0.29, 0.717) is 0 Å². The second-order valence-electron chi connectivity index (χ2n) is 5.66. The number of hydrogen-bond acceptors (Lipinski definition) is 2. The first-order valence-electron chi connectivity index (χ1n) is 7.27. The molecule has 0 aliphatic heterocycles. The van der Waals surface area contributed by atoms with Crippen LogP contribution in [0.15, 0.2) is 41.1 Å². The smallest absolute Gasteiger partial charge is 0.252 e. The highest BCUT2D eigenvalue weighted by atomic mass is 127. The zero-order chi connectivity index (χ0) is 14.7. The first kappa shape index (κ1) is 15.0. The van der Waals surface area contributed by atoms with Crippen LogP contribution < -0.4 is 5.32 Å². The molecule has 0 bridgehead atoms. The molecular weight excluding hydrogens is 393 g/mol. The highest BCUT2D eigenvalue weighted by Crippen LogP contribution is 2.41. The minimum atomic E-state index is 0.0431. The minimum absolute atomic E-state index is 0.0431. The van der Waals surface area contributed by atoms with Crippen LogP contribution in [0, 0.1) is 3.57 Å². The van der Waals surface area contributed by atoms with Gasteiger partial charge in [-0.3, -0.25) is 4.79 Å². The van der Waals surface area contributed by atoms with Crippen molar-refractivity contribution in [3.05, 3.63) is 55.8 Å². The lowest BCUT2D eigenvalue weighted by Gasteiger charge is -2.28. The maximum absolute atomic E-state index is 12.4. The van der Waals surface area contributed by atoms with Crippen LogP contribution in [0.1, 0.15) is 41.6 Å². The van der Waals surface area contributed by atoms with Crippen LogP contribution >= 0.6 is 33.9 Å². The molecule has 0 saturated heterocycles. The van der Waals surface area contributed by atoms with Crippen LogP contribution in [0.4, 0.5) is 0 Å². The van der Waals surface area contributed by atoms with Gasteiger partial charge in [-0.05, 0) is 70.0 Å². The molecule has 1 aromatic carbocycles. The van der Waals surface area contributed by atoms with Crippen molar-refractivity contribution in [2.75, 3.05) is 6.54 Å². The Morgan fingerprint density at radius 3 is 2.67 bits per heavy atom. The van der Waals surface area contributed by atoms with Gasteiger partial charge in [0.2, 0.25) is 0 Å². The van der Waals surface area contributed by atoms with Gasteiger partial charge in [-0.25, -0.2) is 0 Å². The van der Waals surface area contributed by atoms with Crippen LogP contribution in [0.2, 0.25) is 0 Å². The maximum Gasteiger partial charge on any atom is 0.252 e. The van der Waals surface area contributed by atoms with Crippen molar-refractivity contribution in [3.63, 3.8) is 0 Å². The van der Waals surface area contributed by atoms with Crippen LogP contribution in [0.5, 0.6) is 0 Å². The fourth-order valence-corrected chi connectivity index (χ4v) is 4.59. The van der Waals surface area contributed by atoms with E-state index >= 15 is 0 Å². The summed E-state index contributed by atoms with van der Waals surface area (Å²) in [6.07, 6.45) is 4.87. The summed E-state index contributed by atoms with van der Waals surface area (Å²) in [5.74, 6) is 0.0431. The van der Waals surface area contributed by atoms with E-state index in [1.807, 2.05) is 24.3 Å². The van der Waals surface area contributed by atoms with Gasteiger partial charge in [-0.1, -0.05) is 25.0 Å². The van der Waals surface area contributed by atoms with Gasteiger partial charge >= 0.3 is 0 Å². The molecule has 1 saturated carbocycles.